The first-order chi connectivity index (χ1) is 19.8. The summed E-state index contributed by atoms with van der Waals surface area (Å²) in [4.78, 5) is 8.91. The van der Waals surface area contributed by atoms with Crippen LogP contribution in [0.3, 0.4) is 0 Å². The first-order valence-corrected chi connectivity index (χ1v) is 13.2. The average Bonchev–Trinajstić information content (AvgIpc) is 3.05. The maximum atomic E-state index is 4.46. The topological polar surface area (TPSA) is 24.7 Å². The van der Waals surface area contributed by atoms with Crippen LogP contribution < -0.4 is 0 Å². The van der Waals surface area contributed by atoms with Gasteiger partial charge < -0.3 is 9.98 Å². The molecule has 0 spiro atoms. The molecule has 6 rings (SSSR count). The van der Waals surface area contributed by atoms with Gasteiger partial charge in [-0.2, -0.15) is 0 Å². The van der Waals surface area contributed by atoms with Crippen molar-refractivity contribution in [3.05, 3.63) is 181 Å². The number of benzene rings is 6. The third-order valence-electron chi connectivity index (χ3n) is 6.08. The quantitative estimate of drug-likeness (QED) is 0.122. The average molecular weight is 708 g/mol. The standard InChI is InChI=1S/2C19H14N.Pt/c2*1-3-9-17(10-4-1)18-11-7-8-16(14-18)15-20-19-12-5-2-6-13-19;/h2*1-7,9-15H;/q2*-1;+2. The Hall–Kier alpha value is -4.65. The predicted molar refractivity (Wildman–Crippen MR) is 169 cm³/mol. The fourth-order valence-corrected chi connectivity index (χ4v) is 4.06. The molecule has 0 unspecified atom stereocenters. The van der Waals surface area contributed by atoms with E-state index in [2.05, 4.69) is 70.6 Å². The van der Waals surface area contributed by atoms with Crippen LogP contribution >= 0.6 is 0 Å². The second-order valence-electron chi connectivity index (χ2n) is 8.98. The van der Waals surface area contributed by atoms with Crippen LogP contribution in [0.5, 0.6) is 0 Å². The monoisotopic (exact) mass is 707 g/mol. The molecule has 0 aliphatic carbocycles. The second kappa shape index (κ2) is 15.8. The maximum absolute atomic E-state index is 4.46. The number of aliphatic imine (C=N–C) groups is 2. The van der Waals surface area contributed by atoms with Gasteiger partial charge in [0.15, 0.2) is 0 Å². The Kier molecular flexibility index (Phi) is 11.3. The molecule has 6 aromatic rings. The van der Waals surface area contributed by atoms with Crippen molar-refractivity contribution in [2.45, 2.75) is 0 Å². The minimum atomic E-state index is 0. The van der Waals surface area contributed by atoms with Crippen LogP contribution in [0.15, 0.2) is 168 Å². The Morgan fingerprint density at radius 3 is 1.10 bits per heavy atom. The zero-order chi connectivity index (χ0) is 27.2. The summed E-state index contributed by atoms with van der Waals surface area (Å²) in [5.41, 5.74) is 8.63. The number of nitrogens with zero attached hydrogens (tertiary/aromatic N) is 2. The van der Waals surface area contributed by atoms with E-state index in [-0.39, 0.29) is 21.1 Å². The van der Waals surface area contributed by atoms with Crippen LogP contribution in [0.25, 0.3) is 22.3 Å². The van der Waals surface area contributed by atoms with Crippen molar-refractivity contribution in [2.75, 3.05) is 0 Å². The Morgan fingerprint density at radius 1 is 0.390 bits per heavy atom. The van der Waals surface area contributed by atoms with E-state index in [9.17, 15) is 0 Å². The second-order valence-corrected chi connectivity index (χ2v) is 8.98. The molecule has 6 aromatic carbocycles. The van der Waals surface area contributed by atoms with Crippen molar-refractivity contribution in [1.82, 2.24) is 0 Å². The fraction of sp³-hybridized carbons (Fsp3) is 0. The molecule has 0 N–H and O–H groups in total. The van der Waals surface area contributed by atoms with E-state index in [1.807, 2.05) is 122 Å². The summed E-state index contributed by atoms with van der Waals surface area (Å²) in [5.74, 6) is 0. The summed E-state index contributed by atoms with van der Waals surface area (Å²) < 4.78 is 0. The molecule has 0 fully saturated rings. The predicted octanol–water partition coefficient (Wildman–Crippen LogP) is 9.81. The molecule has 0 aliphatic heterocycles. The van der Waals surface area contributed by atoms with Crippen molar-refractivity contribution in [3.8, 4) is 22.3 Å². The van der Waals surface area contributed by atoms with Gasteiger partial charge in [0.05, 0.1) is 11.4 Å². The van der Waals surface area contributed by atoms with Gasteiger partial charge >= 0.3 is 21.1 Å². The van der Waals surface area contributed by atoms with Crippen molar-refractivity contribution >= 4 is 23.8 Å². The van der Waals surface area contributed by atoms with Crippen LogP contribution in [0.1, 0.15) is 11.1 Å². The first kappa shape index (κ1) is 29.3. The molecule has 0 atom stereocenters. The zero-order valence-corrected chi connectivity index (χ0v) is 24.6. The summed E-state index contributed by atoms with van der Waals surface area (Å²) in [6.07, 6.45) is 3.70. The van der Waals surface area contributed by atoms with Gasteiger partial charge in [-0.15, -0.1) is 70.8 Å². The SMILES string of the molecule is [Pt+2].[c-]1ccc(-c2ccccc2)cc1C=Nc1ccccc1.[c-]1ccc(-c2ccccc2)cc1C=Nc1ccccc1. The molecule has 0 aromatic heterocycles. The minimum absolute atomic E-state index is 0. The number of hydrogen-bond acceptors (Lipinski definition) is 2. The summed E-state index contributed by atoms with van der Waals surface area (Å²) in [5, 5.41) is 0. The van der Waals surface area contributed by atoms with Crippen molar-refractivity contribution < 1.29 is 21.1 Å². The molecule has 0 aliphatic rings. The molecule has 0 bridgehead atoms. The summed E-state index contributed by atoms with van der Waals surface area (Å²) in [6, 6.07) is 59.1. The molecular formula is C38H28N2Pt. The van der Waals surface area contributed by atoms with Gasteiger partial charge in [-0.25, -0.2) is 0 Å². The van der Waals surface area contributed by atoms with Gasteiger partial charge in [0.25, 0.3) is 0 Å². The van der Waals surface area contributed by atoms with E-state index in [0.29, 0.717) is 0 Å². The molecular weight excluding hydrogens is 680 g/mol. The van der Waals surface area contributed by atoms with Crippen LogP contribution in [0.4, 0.5) is 11.4 Å². The first-order valence-electron chi connectivity index (χ1n) is 13.2. The molecule has 0 heterocycles. The molecule has 0 saturated carbocycles. The summed E-state index contributed by atoms with van der Waals surface area (Å²) in [6.45, 7) is 0. The Bertz CT molecular complexity index is 1540. The van der Waals surface area contributed by atoms with E-state index >= 15 is 0 Å². The van der Waals surface area contributed by atoms with Crippen LogP contribution in [0.2, 0.25) is 0 Å². The van der Waals surface area contributed by atoms with Gasteiger partial charge in [-0.1, -0.05) is 97.1 Å². The number of para-hydroxylation sites is 2. The van der Waals surface area contributed by atoms with Gasteiger partial charge in [-0.3, -0.25) is 0 Å². The zero-order valence-electron chi connectivity index (χ0n) is 22.4. The molecule has 41 heavy (non-hydrogen) atoms. The Balaban J connectivity index is 0.000000184. The van der Waals surface area contributed by atoms with Crippen molar-refractivity contribution in [2.24, 2.45) is 9.98 Å². The van der Waals surface area contributed by atoms with Crippen molar-refractivity contribution in [3.63, 3.8) is 0 Å². The largest absolute Gasteiger partial charge is 2.00 e. The molecule has 2 nitrogen and oxygen atoms in total. The third kappa shape index (κ3) is 9.21. The molecule has 200 valence electrons. The van der Waals surface area contributed by atoms with Crippen molar-refractivity contribution in [1.29, 1.82) is 0 Å². The number of hydrogen-bond donors (Lipinski definition) is 0. The third-order valence-corrected chi connectivity index (χ3v) is 6.08. The molecule has 0 saturated heterocycles. The molecule has 3 heteroatoms. The molecule has 0 amide bonds. The fourth-order valence-electron chi connectivity index (χ4n) is 4.06. The van der Waals surface area contributed by atoms with Gasteiger partial charge in [-0.05, 0) is 47.8 Å². The smallest absolute Gasteiger partial charge is 0.305 e. The van der Waals surface area contributed by atoms with Crippen LogP contribution in [-0.2, 0) is 21.1 Å². The maximum Gasteiger partial charge on any atom is 2.00 e. The van der Waals surface area contributed by atoms with Crippen LogP contribution in [0, 0.1) is 12.1 Å². The number of rotatable bonds is 6. The normalized spacial score (nSPS) is 10.5. The van der Waals surface area contributed by atoms with Gasteiger partial charge in [0.2, 0.25) is 0 Å². The minimum Gasteiger partial charge on any atom is -0.305 e. The van der Waals surface area contributed by atoms with E-state index in [1.54, 1.807) is 0 Å². The van der Waals surface area contributed by atoms with Gasteiger partial charge in [0.1, 0.15) is 0 Å². The Labute approximate surface area is 257 Å². The molecule has 0 radical (unpaired) electrons. The van der Waals surface area contributed by atoms with E-state index in [1.165, 1.54) is 22.3 Å². The summed E-state index contributed by atoms with van der Waals surface area (Å²) >= 11 is 0. The van der Waals surface area contributed by atoms with E-state index in [4.69, 9.17) is 0 Å². The van der Waals surface area contributed by atoms with E-state index < -0.39 is 0 Å². The van der Waals surface area contributed by atoms with E-state index in [0.717, 1.165) is 22.5 Å². The van der Waals surface area contributed by atoms with Gasteiger partial charge in [0, 0.05) is 0 Å². The summed E-state index contributed by atoms with van der Waals surface area (Å²) in [7, 11) is 0. The Morgan fingerprint density at radius 2 is 0.732 bits per heavy atom. The van der Waals surface area contributed by atoms with Crippen LogP contribution in [-0.4, -0.2) is 12.4 Å².